The van der Waals surface area contributed by atoms with Crippen molar-refractivity contribution in [2.24, 2.45) is 0 Å². The summed E-state index contributed by atoms with van der Waals surface area (Å²) in [6, 6.07) is 6.57. The second-order valence-corrected chi connectivity index (χ2v) is 3.08. The minimum absolute atomic E-state index is 0.0164. The molecule has 0 atom stereocenters. The first-order chi connectivity index (χ1) is 6.16. The molecule has 0 amide bonds. The maximum Gasteiger partial charge on any atom is 0.321 e. The van der Waals surface area contributed by atoms with Crippen molar-refractivity contribution in [3.05, 3.63) is 39.4 Å². The van der Waals surface area contributed by atoms with Crippen LogP contribution in [0.2, 0.25) is 5.02 Å². The van der Waals surface area contributed by atoms with Gasteiger partial charge in [0, 0.05) is 22.5 Å². The van der Waals surface area contributed by atoms with E-state index in [4.69, 9.17) is 11.6 Å². The topological polar surface area (TPSA) is 58.9 Å². The fourth-order valence-corrected chi connectivity index (χ4v) is 1.35. The SMILES string of the molecule is O=[N+]([O-])c1cc2ccc(Cl)cc2[nH]1. The molecule has 1 N–H and O–H groups in total. The summed E-state index contributed by atoms with van der Waals surface area (Å²) in [4.78, 5) is 12.6. The number of H-pyrrole nitrogens is 1. The molecule has 1 heterocycles. The quantitative estimate of drug-likeness (QED) is 0.563. The molecule has 1 aromatic heterocycles. The molecule has 0 radical (unpaired) electrons. The molecule has 66 valence electrons. The van der Waals surface area contributed by atoms with Crippen molar-refractivity contribution in [1.82, 2.24) is 4.98 Å². The van der Waals surface area contributed by atoms with Crippen LogP contribution in [0.4, 0.5) is 5.82 Å². The van der Waals surface area contributed by atoms with Gasteiger partial charge in [0.25, 0.3) is 0 Å². The minimum Gasteiger partial charge on any atom is -0.358 e. The van der Waals surface area contributed by atoms with E-state index in [1.807, 2.05) is 0 Å². The van der Waals surface area contributed by atoms with Crippen molar-refractivity contribution in [2.45, 2.75) is 0 Å². The van der Waals surface area contributed by atoms with Crippen molar-refractivity contribution in [2.75, 3.05) is 0 Å². The number of nitrogens with one attached hydrogen (secondary N) is 1. The van der Waals surface area contributed by atoms with Crippen LogP contribution in [-0.4, -0.2) is 9.91 Å². The average Bonchev–Trinajstić information content (AvgIpc) is 2.46. The van der Waals surface area contributed by atoms with Crippen LogP contribution in [0.25, 0.3) is 10.9 Å². The van der Waals surface area contributed by atoms with Gasteiger partial charge in [-0.15, -0.1) is 0 Å². The van der Waals surface area contributed by atoms with Gasteiger partial charge < -0.3 is 10.1 Å². The summed E-state index contributed by atoms with van der Waals surface area (Å²) in [5.41, 5.74) is 0.680. The lowest BCUT2D eigenvalue weighted by atomic mass is 10.2. The molecule has 2 aromatic rings. The van der Waals surface area contributed by atoms with Crippen LogP contribution in [0.1, 0.15) is 0 Å². The Labute approximate surface area is 78.3 Å². The fourth-order valence-electron chi connectivity index (χ4n) is 1.18. The minimum atomic E-state index is -0.464. The molecule has 0 aliphatic carbocycles. The van der Waals surface area contributed by atoms with Crippen LogP contribution in [-0.2, 0) is 0 Å². The van der Waals surface area contributed by atoms with Crippen LogP contribution in [0.3, 0.4) is 0 Å². The van der Waals surface area contributed by atoms with Gasteiger partial charge in [0.15, 0.2) is 0 Å². The Hall–Kier alpha value is -1.55. The third kappa shape index (κ3) is 1.36. The third-order valence-corrected chi connectivity index (χ3v) is 2.00. The van der Waals surface area contributed by atoms with Crippen LogP contribution in [0, 0.1) is 10.1 Å². The highest BCUT2D eigenvalue weighted by Crippen LogP contribution is 2.22. The third-order valence-electron chi connectivity index (χ3n) is 1.77. The van der Waals surface area contributed by atoms with Gasteiger partial charge in [0.05, 0.1) is 0 Å². The summed E-state index contributed by atoms with van der Waals surface area (Å²) in [7, 11) is 0. The summed E-state index contributed by atoms with van der Waals surface area (Å²) >= 11 is 5.72. The Morgan fingerprint density at radius 1 is 1.38 bits per heavy atom. The van der Waals surface area contributed by atoms with Gasteiger partial charge in [-0.3, -0.25) is 0 Å². The average molecular weight is 197 g/mol. The molecule has 4 nitrogen and oxygen atoms in total. The summed E-state index contributed by atoms with van der Waals surface area (Å²) in [6.07, 6.45) is 0. The Balaban J connectivity index is 2.68. The van der Waals surface area contributed by atoms with E-state index in [9.17, 15) is 10.1 Å². The summed E-state index contributed by atoms with van der Waals surface area (Å²) in [6.45, 7) is 0. The Bertz CT molecular complexity index is 478. The van der Waals surface area contributed by atoms with Gasteiger partial charge in [-0.05, 0) is 17.1 Å². The van der Waals surface area contributed by atoms with Gasteiger partial charge in [0.2, 0.25) is 0 Å². The van der Waals surface area contributed by atoms with Crippen molar-refractivity contribution in [1.29, 1.82) is 0 Å². The van der Waals surface area contributed by atoms with Crippen molar-refractivity contribution < 1.29 is 4.92 Å². The van der Waals surface area contributed by atoms with E-state index in [0.717, 1.165) is 5.39 Å². The number of hydrogen-bond acceptors (Lipinski definition) is 2. The van der Waals surface area contributed by atoms with Crippen molar-refractivity contribution in [3.8, 4) is 0 Å². The molecule has 0 aliphatic heterocycles. The summed E-state index contributed by atoms with van der Waals surface area (Å²) in [5.74, 6) is -0.0164. The Morgan fingerprint density at radius 2 is 2.15 bits per heavy atom. The number of nitrogens with zero attached hydrogens (tertiary/aromatic N) is 1. The Kier molecular flexibility index (Phi) is 1.70. The number of halogens is 1. The van der Waals surface area contributed by atoms with Crippen molar-refractivity contribution >= 4 is 28.3 Å². The fraction of sp³-hybridized carbons (Fsp3) is 0. The maximum atomic E-state index is 10.4. The van der Waals surface area contributed by atoms with E-state index in [1.165, 1.54) is 6.07 Å². The van der Waals surface area contributed by atoms with Gasteiger partial charge in [-0.25, -0.2) is 4.98 Å². The number of aromatic nitrogens is 1. The lowest BCUT2D eigenvalue weighted by molar-refractivity contribution is -0.389. The second kappa shape index (κ2) is 2.74. The monoisotopic (exact) mass is 196 g/mol. The van der Waals surface area contributed by atoms with Crippen LogP contribution in [0.15, 0.2) is 24.3 Å². The lowest BCUT2D eigenvalue weighted by Crippen LogP contribution is -1.85. The van der Waals surface area contributed by atoms with Crippen molar-refractivity contribution in [3.63, 3.8) is 0 Å². The van der Waals surface area contributed by atoms with E-state index in [2.05, 4.69) is 4.98 Å². The predicted molar refractivity (Wildman–Crippen MR) is 50.0 cm³/mol. The van der Waals surface area contributed by atoms with Gasteiger partial charge in [0.1, 0.15) is 5.52 Å². The molecule has 0 spiro atoms. The summed E-state index contributed by atoms with van der Waals surface area (Å²) in [5, 5.41) is 11.7. The zero-order valence-electron chi connectivity index (χ0n) is 6.45. The number of nitro groups is 1. The normalized spacial score (nSPS) is 10.5. The molecule has 0 saturated heterocycles. The lowest BCUT2D eigenvalue weighted by Gasteiger charge is -1.86. The highest BCUT2D eigenvalue weighted by Gasteiger charge is 2.08. The molecule has 0 aliphatic rings. The predicted octanol–water partition coefficient (Wildman–Crippen LogP) is 2.73. The zero-order valence-corrected chi connectivity index (χ0v) is 7.21. The first-order valence-electron chi connectivity index (χ1n) is 3.59. The molecule has 0 fully saturated rings. The second-order valence-electron chi connectivity index (χ2n) is 2.64. The van der Waals surface area contributed by atoms with Gasteiger partial charge in [-0.1, -0.05) is 11.6 Å². The molecule has 13 heavy (non-hydrogen) atoms. The van der Waals surface area contributed by atoms with E-state index >= 15 is 0 Å². The number of benzene rings is 1. The molecule has 2 rings (SSSR count). The van der Waals surface area contributed by atoms with E-state index < -0.39 is 4.92 Å². The van der Waals surface area contributed by atoms with E-state index in [1.54, 1.807) is 18.2 Å². The molecular formula is C8H5ClN2O2. The number of fused-ring (bicyclic) bond motifs is 1. The standard InChI is InChI=1S/C8H5ClN2O2/c9-6-2-1-5-3-8(11(12)13)10-7(5)4-6/h1-4,10H. The smallest absolute Gasteiger partial charge is 0.321 e. The van der Waals surface area contributed by atoms with Gasteiger partial charge >= 0.3 is 5.82 Å². The molecule has 0 bridgehead atoms. The molecular weight excluding hydrogens is 192 g/mol. The number of aromatic amines is 1. The van der Waals surface area contributed by atoms with Crippen LogP contribution in [0.5, 0.6) is 0 Å². The molecule has 5 heteroatoms. The van der Waals surface area contributed by atoms with E-state index in [0.29, 0.717) is 10.5 Å². The van der Waals surface area contributed by atoms with Gasteiger partial charge in [-0.2, -0.15) is 0 Å². The van der Waals surface area contributed by atoms with Crippen LogP contribution < -0.4 is 0 Å². The first kappa shape index (κ1) is 8.07. The Morgan fingerprint density at radius 3 is 2.85 bits per heavy atom. The number of rotatable bonds is 1. The first-order valence-corrected chi connectivity index (χ1v) is 3.97. The van der Waals surface area contributed by atoms with Crippen LogP contribution >= 0.6 is 11.6 Å². The molecule has 0 saturated carbocycles. The summed E-state index contributed by atoms with van der Waals surface area (Å²) < 4.78 is 0. The zero-order chi connectivity index (χ0) is 9.42. The number of hydrogen-bond donors (Lipinski definition) is 1. The largest absolute Gasteiger partial charge is 0.358 e. The molecule has 1 aromatic carbocycles. The van der Waals surface area contributed by atoms with E-state index in [-0.39, 0.29) is 5.82 Å². The molecule has 0 unspecified atom stereocenters. The highest BCUT2D eigenvalue weighted by molar-refractivity contribution is 6.31. The highest BCUT2D eigenvalue weighted by atomic mass is 35.5. The maximum absolute atomic E-state index is 10.4.